The van der Waals surface area contributed by atoms with Crippen LogP contribution in [-0.4, -0.2) is 9.97 Å². The van der Waals surface area contributed by atoms with Gasteiger partial charge < -0.3 is 0 Å². The molecule has 228 valence electrons. The van der Waals surface area contributed by atoms with Crippen LogP contribution in [0.15, 0.2) is 182 Å². The number of pyridine rings is 2. The highest BCUT2D eigenvalue weighted by molar-refractivity contribution is 5.96. The Morgan fingerprint density at radius 2 is 0.816 bits per heavy atom. The van der Waals surface area contributed by atoms with E-state index in [2.05, 4.69) is 164 Å². The number of benzene rings is 6. The Morgan fingerprint density at radius 1 is 0.306 bits per heavy atom. The first kappa shape index (κ1) is 27.7. The normalized spacial score (nSPS) is 13.1. The smallest absolute Gasteiger partial charge is 0.0899 e. The minimum atomic E-state index is -0.328. The molecule has 2 aromatic heterocycles. The zero-order valence-electron chi connectivity index (χ0n) is 26.7. The Morgan fingerprint density at radius 3 is 1.43 bits per heavy atom. The van der Waals surface area contributed by atoms with Crippen molar-refractivity contribution in [1.29, 1.82) is 0 Å². The summed E-state index contributed by atoms with van der Waals surface area (Å²) in [4.78, 5) is 10.1. The summed E-state index contributed by atoms with van der Waals surface area (Å²) in [6.45, 7) is 0. The summed E-state index contributed by atoms with van der Waals surface area (Å²) in [5.41, 5.74) is 18.6. The van der Waals surface area contributed by atoms with E-state index in [9.17, 15) is 0 Å². The van der Waals surface area contributed by atoms with Crippen molar-refractivity contribution in [1.82, 2.24) is 9.97 Å². The lowest BCUT2D eigenvalue weighted by Crippen LogP contribution is -2.25. The van der Waals surface area contributed by atoms with Gasteiger partial charge in [0.15, 0.2) is 0 Å². The van der Waals surface area contributed by atoms with E-state index < -0.39 is 0 Å². The molecular formula is C47H30N2. The molecule has 1 spiro atoms. The van der Waals surface area contributed by atoms with Crippen molar-refractivity contribution >= 4 is 0 Å². The van der Waals surface area contributed by atoms with Crippen molar-refractivity contribution in [3.8, 4) is 67.2 Å². The quantitative estimate of drug-likeness (QED) is 0.195. The second kappa shape index (κ2) is 10.8. The first-order valence-corrected chi connectivity index (χ1v) is 16.8. The minimum absolute atomic E-state index is 0.328. The highest BCUT2D eigenvalue weighted by Gasteiger charge is 2.51. The zero-order chi connectivity index (χ0) is 32.4. The topological polar surface area (TPSA) is 25.8 Å². The van der Waals surface area contributed by atoms with Gasteiger partial charge in [0, 0.05) is 17.3 Å². The van der Waals surface area contributed by atoms with Gasteiger partial charge in [-0.15, -0.1) is 0 Å². The van der Waals surface area contributed by atoms with E-state index in [-0.39, 0.29) is 5.41 Å². The molecule has 0 aliphatic heterocycles. The lowest BCUT2D eigenvalue weighted by molar-refractivity contribution is 0.794. The van der Waals surface area contributed by atoms with Crippen LogP contribution in [0.2, 0.25) is 0 Å². The molecule has 0 saturated heterocycles. The van der Waals surface area contributed by atoms with Crippen LogP contribution in [0.3, 0.4) is 0 Å². The van der Waals surface area contributed by atoms with Gasteiger partial charge in [0.05, 0.1) is 22.5 Å². The van der Waals surface area contributed by atoms with Crippen molar-refractivity contribution in [2.75, 3.05) is 0 Å². The molecule has 0 saturated carbocycles. The average Bonchev–Trinajstić information content (AvgIpc) is 3.65. The molecule has 6 aromatic carbocycles. The van der Waals surface area contributed by atoms with E-state index >= 15 is 0 Å². The van der Waals surface area contributed by atoms with E-state index in [1.165, 1.54) is 44.5 Å². The molecule has 0 bridgehead atoms. The second-order valence-electron chi connectivity index (χ2n) is 12.9. The molecule has 0 unspecified atom stereocenters. The standard InChI is InChI=1S/C47H30N2/c1-3-13-31(14-4-1)35-28-45(32-15-5-2-6-16-32)49-46(29-35)44-26-24-34(30-48-44)33-23-25-43-39(27-33)38-19-9-12-22-42(38)47(43)40-20-10-7-17-36(40)37-18-8-11-21-41(37)47/h1-30H. The third-order valence-electron chi connectivity index (χ3n) is 10.4. The summed E-state index contributed by atoms with van der Waals surface area (Å²) >= 11 is 0. The largest absolute Gasteiger partial charge is 0.254 e. The molecule has 10 rings (SSSR count). The average molecular weight is 623 g/mol. The minimum Gasteiger partial charge on any atom is -0.254 e. The molecule has 0 fully saturated rings. The van der Waals surface area contributed by atoms with E-state index in [1.807, 2.05) is 18.3 Å². The van der Waals surface area contributed by atoms with Crippen LogP contribution in [-0.2, 0) is 5.41 Å². The number of hydrogen-bond donors (Lipinski definition) is 0. The Balaban J connectivity index is 1.08. The molecule has 2 heterocycles. The molecule has 2 aliphatic rings. The van der Waals surface area contributed by atoms with Crippen LogP contribution in [0.1, 0.15) is 22.3 Å². The van der Waals surface area contributed by atoms with Crippen LogP contribution in [0.25, 0.3) is 67.2 Å². The Labute approximate surface area is 286 Å². The van der Waals surface area contributed by atoms with Gasteiger partial charge in [-0.2, -0.15) is 0 Å². The Bertz CT molecular complexity index is 2430. The number of rotatable bonds is 4. The molecular weight excluding hydrogens is 593 g/mol. The summed E-state index contributed by atoms with van der Waals surface area (Å²) in [7, 11) is 0. The Hall–Kier alpha value is -6.38. The fraction of sp³-hybridized carbons (Fsp3) is 0.0213. The van der Waals surface area contributed by atoms with Crippen LogP contribution < -0.4 is 0 Å². The molecule has 2 heteroatoms. The van der Waals surface area contributed by atoms with Crippen molar-refractivity contribution in [2.24, 2.45) is 0 Å². The SMILES string of the molecule is c1ccc(-c2cc(-c3ccccc3)nc(-c3ccc(-c4ccc5c(c4)-c4ccccc4C54c5ccccc5-c5ccccc54)cn3)c2)cc1. The van der Waals surface area contributed by atoms with Crippen LogP contribution in [0.4, 0.5) is 0 Å². The van der Waals surface area contributed by atoms with Crippen LogP contribution in [0.5, 0.6) is 0 Å². The maximum Gasteiger partial charge on any atom is 0.0899 e. The first-order valence-electron chi connectivity index (χ1n) is 16.8. The fourth-order valence-corrected chi connectivity index (χ4v) is 8.21. The second-order valence-corrected chi connectivity index (χ2v) is 12.9. The van der Waals surface area contributed by atoms with E-state index in [0.29, 0.717) is 0 Å². The molecule has 2 aliphatic carbocycles. The van der Waals surface area contributed by atoms with Gasteiger partial charge in [-0.05, 0) is 85.5 Å². The lowest BCUT2D eigenvalue weighted by atomic mass is 9.70. The highest BCUT2D eigenvalue weighted by atomic mass is 14.8. The van der Waals surface area contributed by atoms with E-state index in [4.69, 9.17) is 9.97 Å². The number of hydrogen-bond acceptors (Lipinski definition) is 2. The van der Waals surface area contributed by atoms with Crippen molar-refractivity contribution in [3.63, 3.8) is 0 Å². The van der Waals surface area contributed by atoms with Crippen molar-refractivity contribution < 1.29 is 0 Å². The van der Waals surface area contributed by atoms with Gasteiger partial charge in [0.2, 0.25) is 0 Å². The Kier molecular flexibility index (Phi) is 6.13. The first-order chi connectivity index (χ1) is 24.3. The molecule has 0 radical (unpaired) electrons. The van der Waals surface area contributed by atoms with Crippen LogP contribution in [0, 0.1) is 0 Å². The molecule has 49 heavy (non-hydrogen) atoms. The van der Waals surface area contributed by atoms with Gasteiger partial charge in [0.1, 0.15) is 0 Å². The van der Waals surface area contributed by atoms with Gasteiger partial charge in [0.25, 0.3) is 0 Å². The van der Waals surface area contributed by atoms with Gasteiger partial charge >= 0.3 is 0 Å². The van der Waals surface area contributed by atoms with Crippen LogP contribution >= 0.6 is 0 Å². The predicted molar refractivity (Wildman–Crippen MR) is 200 cm³/mol. The van der Waals surface area contributed by atoms with Gasteiger partial charge in [-0.3, -0.25) is 4.98 Å². The molecule has 0 amide bonds. The molecule has 8 aromatic rings. The molecule has 2 nitrogen and oxygen atoms in total. The number of nitrogens with zero attached hydrogens (tertiary/aromatic N) is 2. The van der Waals surface area contributed by atoms with E-state index in [0.717, 1.165) is 44.9 Å². The molecule has 0 atom stereocenters. The monoisotopic (exact) mass is 622 g/mol. The summed E-state index contributed by atoms with van der Waals surface area (Å²) in [6, 6.07) is 63.3. The summed E-state index contributed by atoms with van der Waals surface area (Å²) in [5.74, 6) is 0. The molecule has 0 N–H and O–H groups in total. The van der Waals surface area contributed by atoms with Gasteiger partial charge in [-0.25, -0.2) is 4.98 Å². The highest BCUT2D eigenvalue weighted by Crippen LogP contribution is 2.62. The van der Waals surface area contributed by atoms with Crippen molar-refractivity contribution in [2.45, 2.75) is 5.41 Å². The third kappa shape index (κ3) is 4.14. The van der Waals surface area contributed by atoms with Crippen molar-refractivity contribution in [3.05, 3.63) is 204 Å². The zero-order valence-corrected chi connectivity index (χ0v) is 26.7. The predicted octanol–water partition coefficient (Wildman–Crippen LogP) is 11.5. The summed E-state index contributed by atoms with van der Waals surface area (Å²) in [5, 5.41) is 0. The van der Waals surface area contributed by atoms with Gasteiger partial charge in [-0.1, -0.05) is 152 Å². The lowest BCUT2D eigenvalue weighted by Gasteiger charge is -2.30. The van der Waals surface area contributed by atoms with E-state index in [1.54, 1.807) is 0 Å². The number of aromatic nitrogens is 2. The summed E-state index contributed by atoms with van der Waals surface area (Å²) < 4.78 is 0. The maximum absolute atomic E-state index is 5.09. The number of fused-ring (bicyclic) bond motifs is 10. The maximum atomic E-state index is 5.09. The third-order valence-corrected chi connectivity index (χ3v) is 10.4. The fourth-order valence-electron chi connectivity index (χ4n) is 8.21. The summed E-state index contributed by atoms with van der Waals surface area (Å²) in [6.07, 6.45) is 1.99.